The highest BCUT2D eigenvalue weighted by Gasteiger charge is 2.29. The maximum Gasteiger partial charge on any atom is 0.123 e. The Morgan fingerprint density at radius 2 is 2.17 bits per heavy atom. The highest BCUT2D eigenvalue weighted by Crippen LogP contribution is 2.31. The molecule has 18 heavy (non-hydrogen) atoms. The van der Waals surface area contributed by atoms with E-state index in [1.807, 2.05) is 12.1 Å². The van der Waals surface area contributed by atoms with E-state index < -0.39 is 0 Å². The number of nitrogens with zero attached hydrogens (tertiary/aromatic N) is 1. The van der Waals surface area contributed by atoms with Gasteiger partial charge >= 0.3 is 0 Å². The molecule has 1 aromatic rings. The third kappa shape index (κ3) is 2.61. The van der Waals surface area contributed by atoms with Crippen molar-refractivity contribution < 1.29 is 9.84 Å². The SMILES string of the molecule is CCC1CCC(C)N1Cc1ccc(OC)cc1O. The lowest BCUT2D eigenvalue weighted by Gasteiger charge is -2.28. The van der Waals surface area contributed by atoms with Crippen LogP contribution in [0.4, 0.5) is 0 Å². The molecule has 1 aliphatic rings. The zero-order valence-corrected chi connectivity index (χ0v) is 11.5. The van der Waals surface area contributed by atoms with Crippen molar-refractivity contribution in [2.75, 3.05) is 7.11 Å². The van der Waals surface area contributed by atoms with Crippen molar-refractivity contribution in [2.45, 2.75) is 51.7 Å². The Labute approximate surface area is 109 Å². The summed E-state index contributed by atoms with van der Waals surface area (Å²) in [7, 11) is 1.62. The van der Waals surface area contributed by atoms with Gasteiger partial charge in [-0.3, -0.25) is 4.90 Å². The van der Waals surface area contributed by atoms with Gasteiger partial charge in [-0.25, -0.2) is 0 Å². The largest absolute Gasteiger partial charge is 0.507 e. The van der Waals surface area contributed by atoms with Gasteiger partial charge in [-0.05, 0) is 32.3 Å². The molecule has 3 nitrogen and oxygen atoms in total. The molecule has 0 bridgehead atoms. The van der Waals surface area contributed by atoms with Crippen molar-refractivity contribution >= 4 is 0 Å². The lowest BCUT2D eigenvalue weighted by Crippen LogP contribution is -2.33. The third-order valence-corrected chi connectivity index (χ3v) is 4.07. The first kappa shape index (κ1) is 13.2. The fourth-order valence-corrected chi connectivity index (χ4v) is 2.85. The summed E-state index contributed by atoms with van der Waals surface area (Å²) in [6.45, 7) is 5.34. The second-order valence-corrected chi connectivity index (χ2v) is 5.16. The van der Waals surface area contributed by atoms with Crippen molar-refractivity contribution in [3.8, 4) is 11.5 Å². The van der Waals surface area contributed by atoms with Crippen LogP contribution in [0.25, 0.3) is 0 Å². The van der Waals surface area contributed by atoms with Crippen molar-refractivity contribution in [1.29, 1.82) is 0 Å². The zero-order valence-electron chi connectivity index (χ0n) is 11.5. The molecule has 1 saturated heterocycles. The van der Waals surface area contributed by atoms with Crippen LogP contribution in [0.15, 0.2) is 18.2 Å². The van der Waals surface area contributed by atoms with E-state index in [2.05, 4.69) is 18.7 Å². The van der Waals surface area contributed by atoms with Crippen molar-refractivity contribution in [3.63, 3.8) is 0 Å². The van der Waals surface area contributed by atoms with Crippen LogP contribution in [0.3, 0.4) is 0 Å². The lowest BCUT2D eigenvalue weighted by molar-refractivity contribution is 0.187. The van der Waals surface area contributed by atoms with Crippen molar-refractivity contribution in [3.05, 3.63) is 23.8 Å². The van der Waals surface area contributed by atoms with E-state index >= 15 is 0 Å². The summed E-state index contributed by atoms with van der Waals surface area (Å²) in [6, 6.07) is 6.83. The summed E-state index contributed by atoms with van der Waals surface area (Å²) in [5.74, 6) is 1.04. The topological polar surface area (TPSA) is 32.7 Å². The van der Waals surface area contributed by atoms with Crippen LogP contribution >= 0.6 is 0 Å². The second kappa shape index (κ2) is 5.61. The van der Waals surface area contributed by atoms with Gasteiger partial charge < -0.3 is 9.84 Å². The van der Waals surface area contributed by atoms with Gasteiger partial charge in [-0.2, -0.15) is 0 Å². The van der Waals surface area contributed by atoms with Gasteiger partial charge in [0, 0.05) is 30.3 Å². The molecule has 0 amide bonds. The van der Waals surface area contributed by atoms with Crippen LogP contribution < -0.4 is 4.74 Å². The first-order valence-corrected chi connectivity index (χ1v) is 6.77. The van der Waals surface area contributed by atoms with Gasteiger partial charge in [0.05, 0.1) is 7.11 Å². The minimum absolute atomic E-state index is 0.336. The standard InChI is InChI=1S/C15H23NO2/c1-4-13-7-5-11(2)16(13)10-12-6-8-14(18-3)9-15(12)17/h6,8-9,11,13,17H,4-5,7,10H2,1-3H3. The summed E-state index contributed by atoms with van der Waals surface area (Å²) < 4.78 is 5.11. The molecule has 0 spiro atoms. The first-order chi connectivity index (χ1) is 8.65. The Balaban J connectivity index is 2.13. The molecule has 2 atom stereocenters. The Kier molecular flexibility index (Phi) is 4.12. The smallest absolute Gasteiger partial charge is 0.123 e. The van der Waals surface area contributed by atoms with Crippen LogP contribution in [-0.2, 0) is 6.54 Å². The van der Waals surface area contributed by atoms with Gasteiger partial charge in [0.2, 0.25) is 0 Å². The van der Waals surface area contributed by atoms with Gasteiger partial charge in [0.15, 0.2) is 0 Å². The van der Waals surface area contributed by atoms with E-state index in [0.29, 0.717) is 23.6 Å². The first-order valence-electron chi connectivity index (χ1n) is 6.77. The predicted molar refractivity (Wildman–Crippen MR) is 73.0 cm³/mol. The molecule has 1 aliphatic heterocycles. The Bertz CT molecular complexity index is 405. The molecule has 100 valence electrons. The maximum absolute atomic E-state index is 10.0. The van der Waals surface area contributed by atoms with Crippen molar-refractivity contribution in [2.24, 2.45) is 0 Å². The fourth-order valence-electron chi connectivity index (χ4n) is 2.85. The number of benzene rings is 1. The Hall–Kier alpha value is -1.22. The van der Waals surface area contributed by atoms with Crippen LogP contribution in [0.2, 0.25) is 0 Å². The molecular weight excluding hydrogens is 226 g/mol. The van der Waals surface area contributed by atoms with Crippen LogP contribution in [0, 0.1) is 0 Å². The van der Waals surface area contributed by atoms with Crippen LogP contribution in [0.5, 0.6) is 11.5 Å². The van der Waals surface area contributed by atoms with E-state index in [9.17, 15) is 5.11 Å². The number of phenols is 1. The molecule has 0 aromatic heterocycles. The number of ether oxygens (including phenoxy) is 1. The molecular formula is C15H23NO2. The minimum Gasteiger partial charge on any atom is -0.507 e. The van der Waals surface area contributed by atoms with Crippen LogP contribution in [0.1, 0.15) is 38.7 Å². The number of phenolic OH excluding ortho intramolecular Hbond substituents is 1. The zero-order chi connectivity index (χ0) is 13.1. The number of likely N-dealkylation sites (tertiary alicyclic amines) is 1. The Morgan fingerprint density at radius 1 is 1.39 bits per heavy atom. The lowest BCUT2D eigenvalue weighted by atomic mass is 10.1. The maximum atomic E-state index is 10.0. The molecule has 2 unspecified atom stereocenters. The van der Waals surface area contributed by atoms with Gasteiger partial charge in [-0.1, -0.05) is 13.0 Å². The Morgan fingerprint density at radius 3 is 2.78 bits per heavy atom. The van der Waals surface area contributed by atoms with E-state index in [1.165, 1.54) is 19.3 Å². The molecule has 1 fully saturated rings. The minimum atomic E-state index is 0.336. The molecule has 0 saturated carbocycles. The van der Waals surface area contributed by atoms with Gasteiger partial charge in [0.25, 0.3) is 0 Å². The predicted octanol–water partition coefficient (Wildman–Crippen LogP) is 3.16. The van der Waals surface area contributed by atoms with E-state index in [4.69, 9.17) is 4.74 Å². The van der Waals surface area contributed by atoms with Crippen molar-refractivity contribution in [1.82, 2.24) is 4.90 Å². The highest BCUT2D eigenvalue weighted by atomic mass is 16.5. The highest BCUT2D eigenvalue weighted by molar-refractivity contribution is 5.39. The molecule has 2 rings (SSSR count). The summed E-state index contributed by atoms with van der Waals surface area (Å²) in [5.41, 5.74) is 0.989. The molecule has 0 radical (unpaired) electrons. The summed E-state index contributed by atoms with van der Waals surface area (Å²) in [6.07, 6.45) is 3.71. The van der Waals surface area contributed by atoms with Gasteiger partial charge in [-0.15, -0.1) is 0 Å². The number of rotatable bonds is 4. The molecule has 0 aliphatic carbocycles. The van der Waals surface area contributed by atoms with E-state index in [-0.39, 0.29) is 0 Å². The summed E-state index contributed by atoms with van der Waals surface area (Å²) in [5, 5.41) is 10.0. The van der Waals surface area contributed by atoms with Crippen LogP contribution in [-0.4, -0.2) is 29.2 Å². The van der Waals surface area contributed by atoms with E-state index in [1.54, 1.807) is 13.2 Å². The summed E-state index contributed by atoms with van der Waals surface area (Å²) >= 11 is 0. The third-order valence-electron chi connectivity index (χ3n) is 4.07. The number of hydrogen-bond acceptors (Lipinski definition) is 3. The fraction of sp³-hybridized carbons (Fsp3) is 0.600. The number of aromatic hydroxyl groups is 1. The summed E-state index contributed by atoms with van der Waals surface area (Å²) in [4.78, 5) is 2.50. The number of methoxy groups -OCH3 is 1. The van der Waals surface area contributed by atoms with E-state index in [0.717, 1.165) is 12.1 Å². The molecule has 3 heteroatoms. The quantitative estimate of drug-likeness (QED) is 0.889. The van der Waals surface area contributed by atoms with Gasteiger partial charge in [0.1, 0.15) is 11.5 Å². The number of hydrogen-bond donors (Lipinski definition) is 1. The average Bonchev–Trinajstić information content (AvgIpc) is 2.73. The molecule has 1 aromatic carbocycles. The molecule has 1 N–H and O–H groups in total. The average molecular weight is 249 g/mol. The normalized spacial score (nSPS) is 24.4. The monoisotopic (exact) mass is 249 g/mol. The molecule has 1 heterocycles. The second-order valence-electron chi connectivity index (χ2n) is 5.16.